The third-order valence-electron chi connectivity index (χ3n) is 3.87. The van der Waals surface area contributed by atoms with Crippen LogP contribution in [0.5, 0.6) is 0 Å². The summed E-state index contributed by atoms with van der Waals surface area (Å²) in [5.41, 5.74) is 0. The van der Waals surface area contributed by atoms with Crippen LogP contribution in [0, 0.1) is 17.8 Å². The fraction of sp³-hybridized carbons (Fsp3) is 1.00. The lowest BCUT2D eigenvalue weighted by Crippen LogP contribution is -2.35. The van der Waals surface area contributed by atoms with Gasteiger partial charge in [0, 0.05) is 0 Å². The molecule has 0 aromatic heterocycles. The Hall–Kier alpha value is 0. The average Bonchev–Trinajstić information content (AvgIpc) is 1.96. The van der Waals surface area contributed by atoms with Gasteiger partial charge >= 0.3 is 0 Å². The van der Waals surface area contributed by atoms with Crippen LogP contribution in [0.25, 0.3) is 0 Å². The SMILES string of the molecule is CC1C[C@@H]2CCCCCC[C@H]12. The fourth-order valence-corrected chi connectivity index (χ4v) is 3.09. The lowest BCUT2D eigenvalue weighted by Gasteiger charge is -2.44. The average molecular weight is 152 g/mol. The molecule has 1 unspecified atom stereocenters. The molecule has 0 aliphatic heterocycles. The zero-order valence-electron chi connectivity index (χ0n) is 7.68. The Bertz CT molecular complexity index is 128. The summed E-state index contributed by atoms with van der Waals surface area (Å²) < 4.78 is 0. The lowest BCUT2D eigenvalue weighted by atomic mass is 9.61. The van der Waals surface area contributed by atoms with Crippen molar-refractivity contribution in [3.8, 4) is 0 Å². The molecule has 0 nitrogen and oxygen atoms in total. The Morgan fingerprint density at radius 3 is 2.36 bits per heavy atom. The van der Waals surface area contributed by atoms with Crippen LogP contribution in [0.3, 0.4) is 0 Å². The highest BCUT2D eigenvalue weighted by Gasteiger charge is 2.36. The van der Waals surface area contributed by atoms with Crippen molar-refractivity contribution in [1.29, 1.82) is 0 Å². The second-order valence-electron chi connectivity index (χ2n) is 4.63. The smallest absolute Gasteiger partial charge is 0.0360 e. The molecule has 2 rings (SSSR count). The molecular formula is C11H20. The van der Waals surface area contributed by atoms with Crippen LogP contribution in [0.4, 0.5) is 0 Å². The lowest BCUT2D eigenvalue weighted by molar-refractivity contribution is 0.0585. The van der Waals surface area contributed by atoms with Gasteiger partial charge in [0.1, 0.15) is 0 Å². The van der Waals surface area contributed by atoms with E-state index in [0.717, 1.165) is 17.8 Å². The predicted octanol–water partition coefficient (Wildman–Crippen LogP) is 3.61. The van der Waals surface area contributed by atoms with Crippen LogP contribution in [-0.2, 0) is 0 Å². The maximum absolute atomic E-state index is 2.45. The maximum Gasteiger partial charge on any atom is -0.0360 e. The normalized spacial score (nSPS) is 45.0. The van der Waals surface area contributed by atoms with E-state index in [0.29, 0.717) is 0 Å². The molecule has 0 aromatic rings. The molecule has 2 fully saturated rings. The van der Waals surface area contributed by atoms with Crippen molar-refractivity contribution >= 4 is 0 Å². The minimum atomic E-state index is 1.07. The van der Waals surface area contributed by atoms with Crippen LogP contribution in [0.15, 0.2) is 0 Å². The zero-order valence-corrected chi connectivity index (χ0v) is 7.68. The van der Waals surface area contributed by atoms with E-state index >= 15 is 0 Å². The summed E-state index contributed by atoms with van der Waals surface area (Å²) in [6.45, 7) is 2.45. The van der Waals surface area contributed by atoms with E-state index in [-0.39, 0.29) is 0 Å². The Labute approximate surface area is 70.4 Å². The van der Waals surface area contributed by atoms with Crippen LogP contribution >= 0.6 is 0 Å². The van der Waals surface area contributed by atoms with Gasteiger partial charge in [-0.25, -0.2) is 0 Å². The minimum absolute atomic E-state index is 1.07. The Balaban J connectivity index is 1.87. The maximum atomic E-state index is 2.45. The predicted molar refractivity (Wildman–Crippen MR) is 48.5 cm³/mol. The van der Waals surface area contributed by atoms with Gasteiger partial charge in [0.15, 0.2) is 0 Å². The topological polar surface area (TPSA) is 0 Å². The first-order chi connectivity index (χ1) is 5.38. The minimum Gasteiger partial charge on any atom is -0.0622 e. The molecule has 0 spiro atoms. The molecule has 3 atom stereocenters. The number of fused-ring (bicyclic) bond motifs is 1. The molecule has 0 saturated heterocycles. The summed E-state index contributed by atoms with van der Waals surface area (Å²) in [4.78, 5) is 0. The van der Waals surface area contributed by atoms with Gasteiger partial charge in [-0.15, -0.1) is 0 Å². The first kappa shape index (κ1) is 7.64. The quantitative estimate of drug-likeness (QED) is 0.497. The summed E-state index contributed by atoms with van der Waals surface area (Å²) in [6.07, 6.45) is 10.7. The first-order valence-corrected chi connectivity index (χ1v) is 5.38. The van der Waals surface area contributed by atoms with Gasteiger partial charge < -0.3 is 0 Å². The number of hydrogen-bond donors (Lipinski definition) is 0. The fourth-order valence-electron chi connectivity index (χ4n) is 3.09. The third kappa shape index (κ3) is 1.45. The molecule has 2 saturated carbocycles. The van der Waals surface area contributed by atoms with Gasteiger partial charge in [-0.1, -0.05) is 39.0 Å². The van der Waals surface area contributed by atoms with Crippen LogP contribution < -0.4 is 0 Å². The van der Waals surface area contributed by atoms with Crippen molar-refractivity contribution in [2.75, 3.05) is 0 Å². The molecular weight excluding hydrogens is 132 g/mol. The van der Waals surface area contributed by atoms with Gasteiger partial charge in [0.05, 0.1) is 0 Å². The summed E-state index contributed by atoms with van der Waals surface area (Å²) in [7, 11) is 0. The van der Waals surface area contributed by atoms with Crippen LogP contribution in [0.2, 0.25) is 0 Å². The van der Waals surface area contributed by atoms with Crippen molar-refractivity contribution in [2.45, 2.75) is 51.9 Å². The second-order valence-corrected chi connectivity index (χ2v) is 4.63. The molecule has 64 valence electrons. The molecule has 0 amide bonds. The zero-order chi connectivity index (χ0) is 7.68. The Kier molecular flexibility index (Phi) is 2.20. The van der Waals surface area contributed by atoms with Gasteiger partial charge in [-0.2, -0.15) is 0 Å². The van der Waals surface area contributed by atoms with E-state index in [9.17, 15) is 0 Å². The van der Waals surface area contributed by atoms with Crippen molar-refractivity contribution in [3.63, 3.8) is 0 Å². The summed E-state index contributed by atoms with van der Waals surface area (Å²) in [6, 6.07) is 0. The molecule has 0 radical (unpaired) electrons. The highest BCUT2D eigenvalue weighted by molar-refractivity contribution is 4.87. The molecule has 2 aliphatic carbocycles. The van der Waals surface area contributed by atoms with E-state index in [4.69, 9.17) is 0 Å². The molecule has 0 bridgehead atoms. The molecule has 2 aliphatic rings. The van der Waals surface area contributed by atoms with Crippen molar-refractivity contribution in [1.82, 2.24) is 0 Å². The molecule has 0 aromatic carbocycles. The second kappa shape index (κ2) is 3.16. The van der Waals surface area contributed by atoms with Crippen molar-refractivity contribution in [3.05, 3.63) is 0 Å². The molecule has 0 N–H and O–H groups in total. The third-order valence-corrected chi connectivity index (χ3v) is 3.87. The summed E-state index contributed by atoms with van der Waals surface area (Å²) in [5, 5.41) is 0. The number of hydrogen-bond acceptors (Lipinski definition) is 0. The van der Waals surface area contributed by atoms with Gasteiger partial charge in [0.25, 0.3) is 0 Å². The Morgan fingerprint density at radius 1 is 0.909 bits per heavy atom. The monoisotopic (exact) mass is 152 g/mol. The highest BCUT2D eigenvalue weighted by Crippen LogP contribution is 2.46. The first-order valence-electron chi connectivity index (χ1n) is 5.38. The highest BCUT2D eigenvalue weighted by atomic mass is 14.4. The largest absolute Gasteiger partial charge is 0.0622 e. The molecule has 0 heterocycles. The van der Waals surface area contributed by atoms with Crippen molar-refractivity contribution < 1.29 is 0 Å². The summed E-state index contributed by atoms with van der Waals surface area (Å²) >= 11 is 0. The van der Waals surface area contributed by atoms with E-state index < -0.39 is 0 Å². The standard InChI is InChI=1S/C11H20/c1-9-8-10-6-4-2-3-5-7-11(9)10/h9-11H,2-8H2,1H3/t9?,10-,11+/m0/s1. The molecule has 0 heteroatoms. The van der Waals surface area contributed by atoms with E-state index in [2.05, 4.69) is 6.92 Å². The van der Waals surface area contributed by atoms with Gasteiger partial charge in [-0.05, 0) is 30.6 Å². The molecule has 11 heavy (non-hydrogen) atoms. The van der Waals surface area contributed by atoms with Gasteiger partial charge in [-0.3, -0.25) is 0 Å². The van der Waals surface area contributed by atoms with E-state index in [1.54, 1.807) is 19.3 Å². The summed E-state index contributed by atoms with van der Waals surface area (Å²) in [5.74, 6) is 3.35. The van der Waals surface area contributed by atoms with E-state index in [1.165, 1.54) is 25.7 Å². The van der Waals surface area contributed by atoms with E-state index in [1.807, 2.05) is 0 Å². The number of rotatable bonds is 0. The van der Waals surface area contributed by atoms with Gasteiger partial charge in [0.2, 0.25) is 0 Å². The van der Waals surface area contributed by atoms with Crippen LogP contribution in [0.1, 0.15) is 51.9 Å². The van der Waals surface area contributed by atoms with Crippen LogP contribution in [-0.4, -0.2) is 0 Å². The Morgan fingerprint density at radius 2 is 1.64 bits per heavy atom. The van der Waals surface area contributed by atoms with Crippen molar-refractivity contribution in [2.24, 2.45) is 17.8 Å².